The quantitative estimate of drug-likeness (QED) is 0.216. The molecule has 6 nitrogen and oxygen atoms in total. The fraction of sp³-hybridized carbons (Fsp3) is 0.107. The number of hydrogen-bond acceptors (Lipinski definition) is 6. The van der Waals surface area contributed by atoms with Crippen molar-refractivity contribution >= 4 is 68.9 Å². The van der Waals surface area contributed by atoms with Crippen LogP contribution in [0, 0.1) is 3.57 Å². The average molecular weight is 646 g/mol. The summed E-state index contributed by atoms with van der Waals surface area (Å²) in [5.41, 5.74) is 1.86. The minimum Gasteiger partial charge on any atom is -0.506 e. The number of ether oxygens (including phenoxy) is 2. The van der Waals surface area contributed by atoms with E-state index in [1.807, 2.05) is 48.5 Å². The number of aliphatic imine (C=N–C) groups is 1. The van der Waals surface area contributed by atoms with Crippen LogP contribution >= 0.6 is 46.0 Å². The minimum atomic E-state index is -0.763. The van der Waals surface area contributed by atoms with E-state index in [-0.39, 0.29) is 33.6 Å². The summed E-state index contributed by atoms with van der Waals surface area (Å²) in [6, 6.07) is 21.9. The molecule has 3 aromatic carbocycles. The monoisotopic (exact) mass is 645 g/mol. The molecule has 0 saturated carbocycles. The molecular formula is C28H21ClINO5S. The van der Waals surface area contributed by atoms with Gasteiger partial charge in [-0.25, -0.2) is 9.79 Å². The molecule has 0 atom stereocenters. The fourth-order valence-corrected chi connectivity index (χ4v) is 4.93. The highest BCUT2D eigenvalue weighted by Gasteiger charge is 2.34. The molecule has 0 fully saturated rings. The van der Waals surface area contributed by atoms with Crippen LogP contribution in [-0.2, 0) is 16.1 Å². The molecule has 1 aliphatic heterocycles. The number of aliphatic hydroxyl groups is 1. The minimum absolute atomic E-state index is 0.0459. The summed E-state index contributed by atoms with van der Waals surface area (Å²) in [5.74, 6) is -0.993. The van der Waals surface area contributed by atoms with Crippen molar-refractivity contribution in [3.8, 4) is 5.75 Å². The predicted molar refractivity (Wildman–Crippen MR) is 155 cm³/mol. The maximum Gasteiger partial charge on any atom is 0.344 e. The molecule has 0 unspecified atom stereocenters. The van der Waals surface area contributed by atoms with Crippen LogP contribution in [0.25, 0.3) is 6.08 Å². The summed E-state index contributed by atoms with van der Waals surface area (Å²) in [5, 5.41) is 11.1. The lowest BCUT2D eigenvalue weighted by Gasteiger charge is -2.07. The van der Waals surface area contributed by atoms with E-state index >= 15 is 0 Å². The van der Waals surface area contributed by atoms with E-state index in [4.69, 9.17) is 21.1 Å². The number of carbonyl (C=O) groups is 2. The number of benzene rings is 3. The van der Waals surface area contributed by atoms with Crippen LogP contribution in [0.4, 0.5) is 0 Å². The van der Waals surface area contributed by atoms with Gasteiger partial charge in [-0.15, -0.1) is 0 Å². The molecule has 1 heterocycles. The lowest BCUT2D eigenvalue weighted by molar-refractivity contribution is -0.138. The second-order valence-electron chi connectivity index (χ2n) is 7.74. The Morgan fingerprint density at radius 3 is 2.43 bits per heavy atom. The van der Waals surface area contributed by atoms with E-state index in [2.05, 4.69) is 27.6 Å². The number of nitrogens with zero attached hydrogens (tertiary/aromatic N) is 1. The van der Waals surface area contributed by atoms with Crippen LogP contribution < -0.4 is 4.74 Å². The number of hydrogen-bond donors (Lipinski definition) is 1. The number of carbonyl (C=O) groups excluding carboxylic acids is 2. The Hall–Kier alpha value is -3.08. The molecule has 0 spiro atoms. The lowest BCUT2D eigenvalue weighted by Crippen LogP contribution is -2.14. The zero-order valence-electron chi connectivity index (χ0n) is 19.6. The highest BCUT2D eigenvalue weighted by molar-refractivity contribution is 14.1. The number of aliphatic hydroxyl groups excluding tert-OH is 1. The summed E-state index contributed by atoms with van der Waals surface area (Å²) < 4.78 is 12.1. The third kappa shape index (κ3) is 6.82. The fourth-order valence-electron chi connectivity index (χ4n) is 3.34. The number of esters is 1. The van der Waals surface area contributed by atoms with Gasteiger partial charge in [-0.2, -0.15) is 0 Å². The molecule has 37 heavy (non-hydrogen) atoms. The van der Waals surface area contributed by atoms with Crippen molar-refractivity contribution < 1.29 is 24.2 Å². The van der Waals surface area contributed by atoms with Gasteiger partial charge in [0, 0.05) is 3.57 Å². The Labute approximate surface area is 237 Å². The first kappa shape index (κ1) is 27.0. The summed E-state index contributed by atoms with van der Waals surface area (Å²) in [6.45, 7) is 2.20. The Bertz CT molecular complexity index is 1420. The van der Waals surface area contributed by atoms with Crippen molar-refractivity contribution in [2.75, 3.05) is 6.61 Å². The van der Waals surface area contributed by atoms with Gasteiger partial charge in [0.05, 0.1) is 22.1 Å². The first-order valence-electron chi connectivity index (χ1n) is 11.2. The number of amides is 1. The molecule has 0 aliphatic carbocycles. The third-order valence-corrected chi connectivity index (χ3v) is 7.24. The highest BCUT2D eigenvalue weighted by Crippen LogP contribution is 2.39. The Kier molecular flexibility index (Phi) is 9.07. The zero-order chi connectivity index (χ0) is 26.4. The van der Waals surface area contributed by atoms with Crippen LogP contribution in [0.5, 0.6) is 5.75 Å². The first-order chi connectivity index (χ1) is 17.9. The van der Waals surface area contributed by atoms with Gasteiger partial charge in [0.25, 0.3) is 5.91 Å². The van der Waals surface area contributed by atoms with Gasteiger partial charge in [0.15, 0.2) is 0 Å². The van der Waals surface area contributed by atoms with Gasteiger partial charge in [-0.3, -0.25) is 4.79 Å². The standard InChI is InChI=1S/C28H21ClINO5S/c1-2-35-28(34)24-25(32)23(37-27(24)31-26(33)21-5-3-4-6-22(21)29)15-17-9-13-20(14-10-17)36-16-18-7-11-19(30)12-8-18/h3-15,32H,2,16H2,1H3/b23-15-,31-27?. The lowest BCUT2D eigenvalue weighted by atomic mass is 10.1. The molecule has 188 valence electrons. The smallest absolute Gasteiger partial charge is 0.344 e. The molecule has 4 rings (SSSR count). The Morgan fingerprint density at radius 1 is 1.05 bits per heavy atom. The van der Waals surface area contributed by atoms with Crippen molar-refractivity contribution in [3.63, 3.8) is 0 Å². The van der Waals surface area contributed by atoms with Crippen LogP contribution in [0.3, 0.4) is 0 Å². The Balaban J connectivity index is 1.55. The molecular weight excluding hydrogens is 625 g/mol. The van der Waals surface area contributed by atoms with Gasteiger partial charge in [0.1, 0.15) is 28.7 Å². The van der Waals surface area contributed by atoms with Crippen molar-refractivity contribution in [1.29, 1.82) is 0 Å². The maximum atomic E-state index is 12.8. The molecule has 0 aromatic heterocycles. The van der Waals surface area contributed by atoms with Crippen LogP contribution in [-0.4, -0.2) is 28.6 Å². The van der Waals surface area contributed by atoms with E-state index in [9.17, 15) is 14.7 Å². The first-order valence-corrected chi connectivity index (χ1v) is 13.5. The van der Waals surface area contributed by atoms with E-state index in [0.29, 0.717) is 17.3 Å². The van der Waals surface area contributed by atoms with Gasteiger partial charge < -0.3 is 14.6 Å². The van der Waals surface area contributed by atoms with E-state index in [1.54, 1.807) is 37.3 Å². The SMILES string of the molecule is CCOC(=O)C1=C(O)/C(=C/c2ccc(OCc3ccc(I)cc3)cc2)SC1=NC(=O)c1ccccc1Cl. The van der Waals surface area contributed by atoms with Gasteiger partial charge in [-0.05, 0) is 83.1 Å². The molecule has 1 amide bonds. The largest absolute Gasteiger partial charge is 0.506 e. The van der Waals surface area contributed by atoms with Crippen LogP contribution in [0.1, 0.15) is 28.4 Å². The average Bonchev–Trinajstić information content (AvgIpc) is 3.19. The Morgan fingerprint density at radius 2 is 1.76 bits per heavy atom. The molecule has 1 aliphatic rings. The van der Waals surface area contributed by atoms with Crippen LogP contribution in [0.2, 0.25) is 5.02 Å². The van der Waals surface area contributed by atoms with E-state index < -0.39 is 11.9 Å². The summed E-state index contributed by atoms with van der Waals surface area (Å²) in [4.78, 5) is 29.8. The van der Waals surface area contributed by atoms with Crippen molar-refractivity contribution in [1.82, 2.24) is 0 Å². The van der Waals surface area contributed by atoms with Crippen molar-refractivity contribution in [2.24, 2.45) is 4.99 Å². The third-order valence-electron chi connectivity index (χ3n) is 5.17. The normalized spacial score (nSPS) is 15.3. The number of halogens is 2. The second-order valence-corrected chi connectivity index (χ2v) is 10.4. The van der Waals surface area contributed by atoms with Gasteiger partial charge >= 0.3 is 5.97 Å². The summed E-state index contributed by atoms with van der Waals surface area (Å²) in [7, 11) is 0. The number of rotatable bonds is 7. The summed E-state index contributed by atoms with van der Waals surface area (Å²) in [6.07, 6.45) is 1.70. The topological polar surface area (TPSA) is 85.2 Å². The summed E-state index contributed by atoms with van der Waals surface area (Å²) >= 11 is 9.39. The highest BCUT2D eigenvalue weighted by atomic mass is 127. The van der Waals surface area contributed by atoms with Gasteiger partial charge in [0.2, 0.25) is 0 Å². The van der Waals surface area contributed by atoms with Gasteiger partial charge in [-0.1, -0.05) is 59.8 Å². The van der Waals surface area contributed by atoms with E-state index in [1.165, 1.54) is 0 Å². The van der Waals surface area contributed by atoms with Crippen molar-refractivity contribution in [3.05, 3.63) is 114 Å². The molecule has 3 aromatic rings. The maximum absolute atomic E-state index is 12.8. The van der Waals surface area contributed by atoms with Crippen molar-refractivity contribution in [2.45, 2.75) is 13.5 Å². The van der Waals surface area contributed by atoms with Crippen LogP contribution in [0.15, 0.2) is 94.0 Å². The molecule has 0 bridgehead atoms. The molecule has 0 radical (unpaired) electrons. The zero-order valence-corrected chi connectivity index (χ0v) is 23.3. The molecule has 9 heteroatoms. The molecule has 1 N–H and O–H groups in total. The predicted octanol–water partition coefficient (Wildman–Crippen LogP) is 7.23. The second kappa shape index (κ2) is 12.4. The molecule has 0 saturated heterocycles. The number of thioether (sulfide) groups is 1. The van der Waals surface area contributed by atoms with E-state index in [0.717, 1.165) is 26.5 Å².